The van der Waals surface area contributed by atoms with Crippen LogP contribution in [0.25, 0.3) is 0 Å². The number of halogens is 3. The number of carbonyl (C=O) groups is 2. The number of alkyl halides is 2. The molecule has 0 aliphatic carbocycles. The number of nitrogens with zero attached hydrogens (tertiary/aromatic N) is 1. The molecule has 1 N–H and O–H groups in total. The van der Waals surface area contributed by atoms with Crippen LogP contribution in [0.3, 0.4) is 0 Å². The highest BCUT2D eigenvalue weighted by molar-refractivity contribution is 6.32. The van der Waals surface area contributed by atoms with Crippen molar-refractivity contribution >= 4 is 29.1 Å². The van der Waals surface area contributed by atoms with Crippen LogP contribution < -0.4 is 10.1 Å². The van der Waals surface area contributed by atoms with Gasteiger partial charge in [0.05, 0.1) is 5.02 Å². The molecule has 0 unspecified atom stereocenters. The molecule has 1 fully saturated rings. The van der Waals surface area contributed by atoms with E-state index < -0.39 is 6.61 Å². The fraction of sp³-hybridized carbons (Fsp3) is 0.529. The molecule has 138 valence electrons. The number of benzene rings is 1. The second kappa shape index (κ2) is 8.47. The molecule has 1 aromatic rings. The third kappa shape index (κ3) is 5.29. The SMILES string of the molecule is CC(C)C(=O)N1CCC(C(=O)Nc2ccc(OC(F)F)c(Cl)c2)CC1. The second-order valence-electron chi connectivity index (χ2n) is 6.27. The van der Waals surface area contributed by atoms with Crippen LogP contribution in [0.5, 0.6) is 5.75 Å². The third-order valence-corrected chi connectivity index (χ3v) is 4.38. The van der Waals surface area contributed by atoms with E-state index in [4.69, 9.17) is 11.6 Å². The molecule has 2 amide bonds. The number of amides is 2. The van der Waals surface area contributed by atoms with E-state index in [-0.39, 0.29) is 34.4 Å². The van der Waals surface area contributed by atoms with Crippen molar-refractivity contribution in [3.05, 3.63) is 23.2 Å². The Balaban J connectivity index is 1.90. The Morgan fingerprint density at radius 2 is 1.92 bits per heavy atom. The number of hydrogen-bond donors (Lipinski definition) is 1. The Morgan fingerprint density at radius 1 is 1.28 bits per heavy atom. The van der Waals surface area contributed by atoms with Crippen molar-refractivity contribution < 1.29 is 23.1 Å². The van der Waals surface area contributed by atoms with E-state index >= 15 is 0 Å². The Hall–Kier alpha value is -1.89. The topological polar surface area (TPSA) is 58.6 Å². The van der Waals surface area contributed by atoms with Crippen LogP contribution in [0.1, 0.15) is 26.7 Å². The van der Waals surface area contributed by atoms with Gasteiger partial charge in [-0.1, -0.05) is 25.4 Å². The fourth-order valence-corrected chi connectivity index (χ4v) is 2.97. The molecule has 8 heteroatoms. The molecule has 2 rings (SSSR count). The van der Waals surface area contributed by atoms with E-state index in [1.807, 2.05) is 13.8 Å². The number of likely N-dealkylation sites (tertiary alicyclic amines) is 1. The molecule has 0 aromatic heterocycles. The normalized spacial score (nSPS) is 15.6. The summed E-state index contributed by atoms with van der Waals surface area (Å²) in [5.74, 6) is -0.473. The number of piperidine rings is 1. The minimum Gasteiger partial charge on any atom is -0.433 e. The molecule has 0 bridgehead atoms. The van der Waals surface area contributed by atoms with Gasteiger partial charge in [-0.25, -0.2) is 0 Å². The van der Waals surface area contributed by atoms with Gasteiger partial charge in [-0.05, 0) is 31.0 Å². The highest BCUT2D eigenvalue weighted by Crippen LogP contribution is 2.29. The van der Waals surface area contributed by atoms with Crippen molar-refractivity contribution in [2.45, 2.75) is 33.3 Å². The van der Waals surface area contributed by atoms with E-state index in [1.165, 1.54) is 18.2 Å². The van der Waals surface area contributed by atoms with Gasteiger partial charge in [0.1, 0.15) is 5.75 Å². The van der Waals surface area contributed by atoms with Crippen LogP contribution in [-0.4, -0.2) is 36.4 Å². The first-order valence-corrected chi connectivity index (χ1v) is 8.49. The summed E-state index contributed by atoms with van der Waals surface area (Å²) in [5.41, 5.74) is 0.414. The summed E-state index contributed by atoms with van der Waals surface area (Å²) in [6.45, 7) is 1.85. The lowest BCUT2D eigenvalue weighted by Gasteiger charge is -2.32. The minimum atomic E-state index is -2.96. The summed E-state index contributed by atoms with van der Waals surface area (Å²) in [4.78, 5) is 26.1. The van der Waals surface area contributed by atoms with Crippen LogP contribution in [0, 0.1) is 11.8 Å². The molecule has 1 aliphatic heterocycles. The van der Waals surface area contributed by atoms with Gasteiger partial charge in [-0.15, -0.1) is 0 Å². The molecular weight excluding hydrogens is 354 g/mol. The van der Waals surface area contributed by atoms with Gasteiger partial charge in [0.2, 0.25) is 11.8 Å². The van der Waals surface area contributed by atoms with Gasteiger partial charge in [0.25, 0.3) is 0 Å². The molecule has 0 radical (unpaired) electrons. The van der Waals surface area contributed by atoms with Crippen molar-refractivity contribution in [3.63, 3.8) is 0 Å². The number of nitrogens with one attached hydrogen (secondary N) is 1. The quantitative estimate of drug-likeness (QED) is 0.853. The highest BCUT2D eigenvalue weighted by atomic mass is 35.5. The summed E-state index contributed by atoms with van der Waals surface area (Å²) in [5, 5.41) is 2.73. The summed E-state index contributed by atoms with van der Waals surface area (Å²) < 4.78 is 28.7. The molecule has 5 nitrogen and oxygen atoms in total. The molecule has 0 spiro atoms. The summed E-state index contributed by atoms with van der Waals surface area (Å²) in [7, 11) is 0. The smallest absolute Gasteiger partial charge is 0.387 e. The van der Waals surface area contributed by atoms with E-state index in [0.717, 1.165) is 0 Å². The monoisotopic (exact) mass is 374 g/mol. The van der Waals surface area contributed by atoms with Gasteiger partial charge in [0.15, 0.2) is 0 Å². The van der Waals surface area contributed by atoms with Crippen LogP contribution in [0.15, 0.2) is 18.2 Å². The Kier molecular flexibility index (Phi) is 6.58. The van der Waals surface area contributed by atoms with Gasteiger partial charge in [-0.2, -0.15) is 8.78 Å². The molecule has 0 atom stereocenters. The van der Waals surface area contributed by atoms with Crippen LogP contribution in [0.4, 0.5) is 14.5 Å². The molecular formula is C17H21ClF2N2O3. The lowest BCUT2D eigenvalue weighted by molar-refractivity contribution is -0.137. The average Bonchev–Trinajstić information content (AvgIpc) is 2.56. The second-order valence-corrected chi connectivity index (χ2v) is 6.67. The number of ether oxygens (including phenoxy) is 1. The first kappa shape index (κ1) is 19.4. The van der Waals surface area contributed by atoms with Crippen molar-refractivity contribution in [2.24, 2.45) is 11.8 Å². The lowest BCUT2D eigenvalue weighted by Crippen LogP contribution is -2.43. The average molecular weight is 375 g/mol. The maximum atomic E-state index is 12.3. The lowest BCUT2D eigenvalue weighted by atomic mass is 9.95. The van der Waals surface area contributed by atoms with Crippen molar-refractivity contribution in [3.8, 4) is 5.75 Å². The van der Waals surface area contributed by atoms with Gasteiger partial charge in [0, 0.05) is 30.6 Å². The highest BCUT2D eigenvalue weighted by Gasteiger charge is 2.28. The molecule has 1 saturated heterocycles. The predicted molar refractivity (Wildman–Crippen MR) is 90.9 cm³/mol. The summed E-state index contributed by atoms with van der Waals surface area (Å²) >= 11 is 5.87. The van der Waals surface area contributed by atoms with Crippen molar-refractivity contribution in [2.75, 3.05) is 18.4 Å². The van der Waals surface area contributed by atoms with Gasteiger partial charge >= 0.3 is 6.61 Å². The Morgan fingerprint density at radius 3 is 2.44 bits per heavy atom. The molecule has 0 saturated carbocycles. The van der Waals surface area contributed by atoms with E-state index in [1.54, 1.807) is 4.90 Å². The van der Waals surface area contributed by atoms with Crippen molar-refractivity contribution in [1.29, 1.82) is 0 Å². The largest absolute Gasteiger partial charge is 0.433 e. The standard InChI is InChI=1S/C17H21ClF2N2O3/c1-10(2)16(24)22-7-5-11(6-8-22)15(23)21-12-3-4-14(13(18)9-12)25-17(19)20/h3-4,9-11,17H,5-8H2,1-2H3,(H,21,23). The van der Waals surface area contributed by atoms with Crippen LogP contribution >= 0.6 is 11.6 Å². The zero-order chi connectivity index (χ0) is 18.6. The Labute approximate surface area is 150 Å². The molecule has 1 aromatic carbocycles. The van der Waals surface area contributed by atoms with Crippen molar-refractivity contribution in [1.82, 2.24) is 4.90 Å². The van der Waals surface area contributed by atoms with E-state index in [9.17, 15) is 18.4 Å². The molecule has 1 aliphatic rings. The maximum absolute atomic E-state index is 12.3. The minimum absolute atomic E-state index is 0.00421. The summed E-state index contributed by atoms with van der Waals surface area (Å²) in [6, 6.07) is 4.11. The van der Waals surface area contributed by atoms with E-state index in [2.05, 4.69) is 10.1 Å². The Bertz CT molecular complexity index is 632. The van der Waals surface area contributed by atoms with E-state index in [0.29, 0.717) is 31.6 Å². The number of hydrogen-bond acceptors (Lipinski definition) is 3. The van der Waals surface area contributed by atoms with Crippen LogP contribution in [0.2, 0.25) is 5.02 Å². The fourth-order valence-electron chi connectivity index (χ4n) is 2.74. The number of rotatable bonds is 5. The number of anilines is 1. The predicted octanol–water partition coefficient (Wildman–Crippen LogP) is 3.77. The number of carbonyl (C=O) groups excluding carboxylic acids is 2. The first-order chi connectivity index (χ1) is 11.8. The first-order valence-electron chi connectivity index (χ1n) is 8.12. The maximum Gasteiger partial charge on any atom is 0.387 e. The zero-order valence-corrected chi connectivity index (χ0v) is 14.9. The third-order valence-electron chi connectivity index (χ3n) is 4.09. The van der Waals surface area contributed by atoms with Gasteiger partial charge in [-0.3, -0.25) is 9.59 Å². The molecule has 25 heavy (non-hydrogen) atoms. The zero-order valence-electron chi connectivity index (χ0n) is 14.1. The van der Waals surface area contributed by atoms with Crippen LogP contribution in [-0.2, 0) is 9.59 Å². The molecule has 1 heterocycles. The van der Waals surface area contributed by atoms with Gasteiger partial charge < -0.3 is 15.0 Å². The summed E-state index contributed by atoms with van der Waals surface area (Å²) in [6.07, 6.45) is 1.18.